The SMILES string of the molecule is CN(Cc1ccncc1)c1nc(Br)cs1. The Morgan fingerprint density at radius 1 is 1.40 bits per heavy atom. The van der Waals surface area contributed by atoms with Crippen LogP contribution in [0.2, 0.25) is 0 Å². The van der Waals surface area contributed by atoms with Crippen LogP contribution in [-0.2, 0) is 6.54 Å². The molecule has 0 aliphatic heterocycles. The normalized spacial score (nSPS) is 10.3. The van der Waals surface area contributed by atoms with E-state index in [-0.39, 0.29) is 0 Å². The second kappa shape index (κ2) is 4.72. The Morgan fingerprint density at radius 3 is 2.73 bits per heavy atom. The first kappa shape index (κ1) is 10.6. The topological polar surface area (TPSA) is 29.0 Å². The molecule has 0 amide bonds. The number of thiazole rings is 1. The Bertz CT molecular complexity index is 429. The van der Waals surface area contributed by atoms with Crippen molar-refractivity contribution in [1.29, 1.82) is 0 Å². The van der Waals surface area contributed by atoms with Crippen LogP contribution in [0.25, 0.3) is 0 Å². The molecule has 3 nitrogen and oxygen atoms in total. The van der Waals surface area contributed by atoms with Gasteiger partial charge in [-0.2, -0.15) is 0 Å². The highest BCUT2D eigenvalue weighted by Gasteiger charge is 2.05. The molecule has 0 bridgehead atoms. The van der Waals surface area contributed by atoms with Crippen molar-refractivity contribution in [3.05, 3.63) is 40.1 Å². The molecule has 2 aromatic rings. The number of anilines is 1. The lowest BCUT2D eigenvalue weighted by molar-refractivity contribution is 0.909. The lowest BCUT2D eigenvalue weighted by atomic mass is 10.2. The molecule has 0 fully saturated rings. The van der Waals surface area contributed by atoms with Gasteiger partial charge in [-0.15, -0.1) is 11.3 Å². The molecule has 5 heteroatoms. The van der Waals surface area contributed by atoms with Crippen molar-refractivity contribution in [1.82, 2.24) is 9.97 Å². The first-order chi connectivity index (χ1) is 7.25. The maximum absolute atomic E-state index is 4.35. The molecular formula is C10H10BrN3S. The molecule has 0 aliphatic carbocycles. The summed E-state index contributed by atoms with van der Waals surface area (Å²) in [4.78, 5) is 10.5. The van der Waals surface area contributed by atoms with E-state index >= 15 is 0 Å². The van der Waals surface area contributed by atoms with Crippen LogP contribution in [0.3, 0.4) is 0 Å². The molecule has 0 unspecified atom stereocenters. The maximum Gasteiger partial charge on any atom is 0.186 e. The predicted octanol–water partition coefficient (Wildman–Crippen LogP) is 2.94. The molecule has 2 aromatic heterocycles. The lowest BCUT2D eigenvalue weighted by Crippen LogP contribution is -2.15. The first-order valence-corrected chi connectivity index (χ1v) is 6.14. The summed E-state index contributed by atoms with van der Waals surface area (Å²) in [5, 5.41) is 3.00. The molecule has 0 atom stereocenters. The highest BCUT2D eigenvalue weighted by Crippen LogP contribution is 2.23. The van der Waals surface area contributed by atoms with Gasteiger partial charge in [0.25, 0.3) is 0 Å². The first-order valence-electron chi connectivity index (χ1n) is 4.47. The van der Waals surface area contributed by atoms with E-state index in [1.54, 1.807) is 23.7 Å². The van der Waals surface area contributed by atoms with Crippen LogP contribution in [0.15, 0.2) is 34.5 Å². The van der Waals surface area contributed by atoms with Crippen molar-refractivity contribution in [2.75, 3.05) is 11.9 Å². The zero-order chi connectivity index (χ0) is 10.7. The molecule has 0 N–H and O–H groups in total. The molecule has 0 radical (unpaired) electrons. The number of hydrogen-bond donors (Lipinski definition) is 0. The summed E-state index contributed by atoms with van der Waals surface area (Å²) in [6.07, 6.45) is 3.61. The zero-order valence-electron chi connectivity index (χ0n) is 8.22. The fourth-order valence-electron chi connectivity index (χ4n) is 1.25. The predicted molar refractivity (Wildman–Crippen MR) is 66.2 cm³/mol. The van der Waals surface area contributed by atoms with Gasteiger partial charge in [0.2, 0.25) is 0 Å². The van der Waals surface area contributed by atoms with Gasteiger partial charge in [0.05, 0.1) is 0 Å². The minimum Gasteiger partial charge on any atom is -0.347 e. The third kappa shape index (κ3) is 2.76. The summed E-state index contributed by atoms with van der Waals surface area (Å²) < 4.78 is 0.893. The highest BCUT2D eigenvalue weighted by atomic mass is 79.9. The van der Waals surface area contributed by atoms with Crippen LogP contribution < -0.4 is 4.90 Å². The van der Waals surface area contributed by atoms with E-state index in [0.717, 1.165) is 16.3 Å². The zero-order valence-corrected chi connectivity index (χ0v) is 10.6. The Labute approximate surface area is 101 Å². The van der Waals surface area contributed by atoms with Crippen molar-refractivity contribution in [3.8, 4) is 0 Å². The minimum absolute atomic E-state index is 0.850. The fourth-order valence-corrected chi connectivity index (χ4v) is 2.47. The van der Waals surface area contributed by atoms with Crippen LogP contribution in [0, 0.1) is 0 Å². The third-order valence-corrected chi connectivity index (χ3v) is 3.62. The molecule has 0 saturated carbocycles. The van der Waals surface area contributed by atoms with Crippen molar-refractivity contribution >= 4 is 32.4 Å². The number of rotatable bonds is 3. The van der Waals surface area contributed by atoms with E-state index in [9.17, 15) is 0 Å². The average molecular weight is 284 g/mol. The average Bonchev–Trinajstić information content (AvgIpc) is 2.66. The second-order valence-corrected chi connectivity index (χ2v) is 4.81. The molecule has 2 rings (SSSR count). The fraction of sp³-hybridized carbons (Fsp3) is 0.200. The third-order valence-electron chi connectivity index (χ3n) is 1.96. The molecule has 0 spiro atoms. The van der Waals surface area contributed by atoms with Gasteiger partial charge in [0, 0.05) is 31.4 Å². The minimum atomic E-state index is 0.850. The van der Waals surface area contributed by atoms with Crippen molar-refractivity contribution in [2.24, 2.45) is 0 Å². The Morgan fingerprint density at radius 2 is 2.13 bits per heavy atom. The maximum atomic E-state index is 4.35. The van der Waals surface area contributed by atoms with Crippen molar-refractivity contribution in [3.63, 3.8) is 0 Å². The highest BCUT2D eigenvalue weighted by molar-refractivity contribution is 9.10. The number of aromatic nitrogens is 2. The molecule has 0 aromatic carbocycles. The smallest absolute Gasteiger partial charge is 0.186 e. The quantitative estimate of drug-likeness (QED) is 0.867. The summed E-state index contributed by atoms with van der Waals surface area (Å²) in [6, 6.07) is 4.03. The standard InChI is InChI=1S/C10H10BrN3S/c1-14(10-13-9(11)7-15-10)6-8-2-4-12-5-3-8/h2-5,7H,6H2,1H3. The molecule has 0 aliphatic rings. The van der Waals surface area contributed by atoms with Gasteiger partial charge in [0.15, 0.2) is 5.13 Å². The molecular weight excluding hydrogens is 274 g/mol. The number of nitrogens with zero attached hydrogens (tertiary/aromatic N) is 3. The largest absolute Gasteiger partial charge is 0.347 e. The van der Waals surface area contributed by atoms with E-state index in [1.807, 2.05) is 24.6 Å². The van der Waals surface area contributed by atoms with Gasteiger partial charge in [-0.1, -0.05) is 0 Å². The molecule has 0 saturated heterocycles. The molecule has 2 heterocycles. The van der Waals surface area contributed by atoms with Gasteiger partial charge in [-0.3, -0.25) is 4.98 Å². The Kier molecular flexibility index (Phi) is 3.33. The summed E-state index contributed by atoms with van der Waals surface area (Å²) in [5.74, 6) is 0. The lowest BCUT2D eigenvalue weighted by Gasteiger charge is -2.15. The van der Waals surface area contributed by atoms with Crippen LogP contribution in [0.5, 0.6) is 0 Å². The summed E-state index contributed by atoms with van der Waals surface area (Å²) in [7, 11) is 2.03. The number of halogens is 1. The van der Waals surface area contributed by atoms with E-state index < -0.39 is 0 Å². The van der Waals surface area contributed by atoms with E-state index in [0.29, 0.717) is 0 Å². The van der Waals surface area contributed by atoms with Gasteiger partial charge >= 0.3 is 0 Å². The monoisotopic (exact) mass is 283 g/mol. The Balaban J connectivity index is 2.07. The van der Waals surface area contributed by atoms with Crippen molar-refractivity contribution in [2.45, 2.75) is 6.54 Å². The van der Waals surface area contributed by atoms with Crippen LogP contribution in [0.4, 0.5) is 5.13 Å². The summed E-state index contributed by atoms with van der Waals surface area (Å²) >= 11 is 4.98. The number of pyridine rings is 1. The van der Waals surface area contributed by atoms with E-state index in [2.05, 4.69) is 30.8 Å². The molecule has 15 heavy (non-hydrogen) atoms. The second-order valence-electron chi connectivity index (χ2n) is 3.16. The van der Waals surface area contributed by atoms with Gasteiger partial charge in [-0.25, -0.2) is 4.98 Å². The number of hydrogen-bond acceptors (Lipinski definition) is 4. The van der Waals surface area contributed by atoms with Gasteiger partial charge < -0.3 is 4.90 Å². The van der Waals surface area contributed by atoms with Crippen LogP contribution in [0.1, 0.15) is 5.56 Å². The van der Waals surface area contributed by atoms with Crippen molar-refractivity contribution < 1.29 is 0 Å². The van der Waals surface area contributed by atoms with E-state index in [1.165, 1.54) is 5.56 Å². The Hall–Kier alpha value is -0.940. The summed E-state index contributed by atoms with van der Waals surface area (Å²) in [6.45, 7) is 0.850. The van der Waals surface area contributed by atoms with Crippen LogP contribution in [-0.4, -0.2) is 17.0 Å². The van der Waals surface area contributed by atoms with Gasteiger partial charge in [-0.05, 0) is 33.6 Å². The molecule has 78 valence electrons. The summed E-state index contributed by atoms with van der Waals surface area (Å²) in [5.41, 5.74) is 1.24. The van der Waals surface area contributed by atoms with E-state index in [4.69, 9.17) is 0 Å². The van der Waals surface area contributed by atoms with Gasteiger partial charge in [0.1, 0.15) is 4.60 Å². The van der Waals surface area contributed by atoms with Crippen LogP contribution >= 0.6 is 27.3 Å².